The summed E-state index contributed by atoms with van der Waals surface area (Å²) in [5.41, 5.74) is 16.3. The number of benzene rings is 8. The third-order valence-corrected chi connectivity index (χ3v) is 14.7. The van der Waals surface area contributed by atoms with Crippen LogP contribution < -0.4 is 14.5 Å². The normalized spacial score (nSPS) is 12.8. The molecule has 0 atom stereocenters. The van der Waals surface area contributed by atoms with E-state index in [9.17, 15) is 0 Å². The number of fused-ring (bicyclic) bond motifs is 4. The minimum Gasteiger partial charge on any atom is -0.509 e. The van der Waals surface area contributed by atoms with E-state index in [-0.39, 0.29) is 37.3 Å². The van der Waals surface area contributed by atoms with E-state index in [2.05, 4.69) is 271 Å². The van der Waals surface area contributed by atoms with Gasteiger partial charge in [-0.1, -0.05) is 169 Å². The molecule has 0 bridgehead atoms. The van der Waals surface area contributed by atoms with Crippen molar-refractivity contribution < 1.29 is 25.8 Å². The first-order valence-corrected chi connectivity index (χ1v) is 24.7. The molecule has 0 saturated carbocycles. The van der Waals surface area contributed by atoms with Gasteiger partial charge in [0.25, 0.3) is 0 Å². The molecule has 72 heavy (non-hydrogen) atoms. The molecule has 3 heterocycles. The van der Waals surface area contributed by atoms with Crippen molar-refractivity contribution in [3.63, 3.8) is 0 Å². The van der Waals surface area contributed by atoms with Gasteiger partial charge in [-0.3, -0.25) is 0 Å². The van der Waals surface area contributed by atoms with Gasteiger partial charge in [-0.25, -0.2) is 4.98 Å². The molecule has 1 aliphatic heterocycles. The molecule has 0 saturated heterocycles. The Balaban J connectivity index is 0.00000596. The molecule has 5 nitrogen and oxygen atoms in total. The Morgan fingerprint density at radius 3 is 1.74 bits per heavy atom. The van der Waals surface area contributed by atoms with E-state index in [1.54, 1.807) is 0 Å². The Kier molecular flexibility index (Phi) is 12.6. The van der Waals surface area contributed by atoms with Crippen LogP contribution in [0.5, 0.6) is 11.5 Å². The van der Waals surface area contributed by atoms with Crippen LogP contribution in [0.2, 0.25) is 0 Å². The first-order valence-electron chi connectivity index (χ1n) is 24.7. The summed E-state index contributed by atoms with van der Waals surface area (Å²) >= 11 is 0. The summed E-state index contributed by atoms with van der Waals surface area (Å²) < 4.78 is 9.19. The van der Waals surface area contributed by atoms with E-state index in [4.69, 9.17) is 9.72 Å². The van der Waals surface area contributed by atoms with Crippen LogP contribution in [0.4, 0.5) is 22.7 Å². The van der Waals surface area contributed by atoms with Crippen LogP contribution in [0.1, 0.15) is 87.4 Å². The first-order chi connectivity index (χ1) is 34.1. The van der Waals surface area contributed by atoms with Gasteiger partial charge in [0.15, 0.2) is 0 Å². The van der Waals surface area contributed by atoms with Gasteiger partial charge in [-0.2, -0.15) is 6.07 Å². The largest absolute Gasteiger partial charge is 0.509 e. The molecule has 0 N–H and O–H groups in total. The summed E-state index contributed by atoms with van der Waals surface area (Å²) in [7, 11) is 0. The number of pyridine rings is 1. The topological polar surface area (TPSA) is 33.5 Å². The molecule has 0 amide bonds. The van der Waals surface area contributed by atoms with Crippen molar-refractivity contribution in [3.8, 4) is 28.4 Å². The van der Waals surface area contributed by atoms with E-state index in [1.165, 1.54) is 44.5 Å². The second-order valence-corrected chi connectivity index (χ2v) is 21.2. The number of aromatic nitrogens is 2. The molecular formula is C66H59N4OPt-3. The fraction of sp³-hybridized carbons (Fsp3) is 0.182. The fourth-order valence-corrected chi connectivity index (χ4v) is 10.4. The Morgan fingerprint density at radius 2 is 1.10 bits per heavy atom. The van der Waals surface area contributed by atoms with Crippen LogP contribution in [0.15, 0.2) is 188 Å². The van der Waals surface area contributed by atoms with E-state index >= 15 is 0 Å². The molecular weight excluding hydrogens is 1060 g/mol. The molecule has 0 aliphatic carbocycles. The third kappa shape index (κ3) is 8.72. The maximum atomic E-state index is 6.98. The molecule has 8 aromatic carbocycles. The molecule has 1 aliphatic rings. The van der Waals surface area contributed by atoms with E-state index in [0.29, 0.717) is 11.5 Å². The minimum absolute atomic E-state index is 0. The quantitative estimate of drug-likeness (QED) is 0.128. The zero-order valence-corrected chi connectivity index (χ0v) is 44.8. The van der Waals surface area contributed by atoms with Gasteiger partial charge in [0.2, 0.25) is 0 Å². The van der Waals surface area contributed by atoms with Crippen LogP contribution in [0.25, 0.3) is 38.8 Å². The Morgan fingerprint density at radius 1 is 0.500 bits per heavy atom. The van der Waals surface area contributed by atoms with Crippen molar-refractivity contribution in [1.29, 1.82) is 0 Å². The van der Waals surface area contributed by atoms with E-state index in [1.807, 2.05) is 12.3 Å². The molecule has 2 aromatic heterocycles. The smallest absolute Gasteiger partial charge is 0.135 e. The number of para-hydroxylation sites is 3. The summed E-state index contributed by atoms with van der Waals surface area (Å²) in [6.07, 6.45) is 1.91. The number of hydrogen-bond acceptors (Lipinski definition) is 4. The average Bonchev–Trinajstić information content (AvgIpc) is 3.93. The molecule has 10 aromatic rings. The minimum atomic E-state index is -0.279. The summed E-state index contributed by atoms with van der Waals surface area (Å²) in [5, 5.41) is 2.22. The number of ether oxygens (including phenoxy) is 1. The van der Waals surface area contributed by atoms with Crippen molar-refractivity contribution in [3.05, 3.63) is 246 Å². The Labute approximate surface area is 440 Å². The average molecular weight is 1120 g/mol. The van der Waals surface area contributed by atoms with Gasteiger partial charge in [-0.15, -0.1) is 53.6 Å². The van der Waals surface area contributed by atoms with Crippen LogP contribution in [0, 0.1) is 32.6 Å². The standard InChI is InChI=1S/C66H59N4O.Pt/c1-44-21-20-22-45(2)63(44)46-35-52(41-55(36-46)71-54-31-32-57-56-27-16-17-28-58(56)70(61(57)42-54)62-40-49(33-34-67-62)64(3,4)5)68-43-69(60-30-19-18-29-59(60)68)53-38-50(65(6,7)47-23-12-10-13-24-47)37-51(39-53)66(8,9)48-25-14-11-15-26-48;/h10-40,43H,1-9H3;/q-3;. The van der Waals surface area contributed by atoms with Gasteiger partial charge in [0, 0.05) is 72.2 Å². The van der Waals surface area contributed by atoms with Gasteiger partial charge in [-0.05, 0) is 112 Å². The van der Waals surface area contributed by atoms with E-state index < -0.39 is 0 Å². The second-order valence-electron chi connectivity index (χ2n) is 21.2. The first kappa shape index (κ1) is 48.4. The molecule has 11 rings (SSSR count). The predicted molar refractivity (Wildman–Crippen MR) is 295 cm³/mol. The molecule has 0 spiro atoms. The van der Waals surface area contributed by atoms with Gasteiger partial charge in [0.05, 0.1) is 0 Å². The van der Waals surface area contributed by atoms with Crippen LogP contribution in [0.3, 0.4) is 0 Å². The molecule has 6 heteroatoms. The van der Waals surface area contributed by atoms with Crippen molar-refractivity contribution in [1.82, 2.24) is 9.55 Å². The SMILES string of the molecule is Cc1cccc(C)c1-c1cc(Oc2[c-]c3c(cc2)c2ccccc2n3-c2cc(C(C)(C)C)ccn2)[c-]c(N2[CH-]N(c3cc(C(C)(C)c4ccccc4)cc(C(C)(C)c4ccccc4)c3)c3ccccc32)c1.[Pt]. The van der Waals surface area contributed by atoms with Crippen molar-refractivity contribution in [2.45, 2.75) is 78.6 Å². The third-order valence-electron chi connectivity index (χ3n) is 14.7. The monoisotopic (exact) mass is 1120 g/mol. The number of anilines is 4. The van der Waals surface area contributed by atoms with Gasteiger partial charge < -0.3 is 19.1 Å². The maximum Gasteiger partial charge on any atom is 0.135 e. The zero-order valence-electron chi connectivity index (χ0n) is 42.5. The molecule has 0 radical (unpaired) electrons. The van der Waals surface area contributed by atoms with Gasteiger partial charge >= 0.3 is 0 Å². The summed E-state index contributed by atoms with van der Waals surface area (Å²) in [4.78, 5) is 9.52. The summed E-state index contributed by atoms with van der Waals surface area (Å²) in [5.74, 6) is 2.03. The van der Waals surface area contributed by atoms with Gasteiger partial charge in [0.1, 0.15) is 5.82 Å². The number of hydrogen-bond donors (Lipinski definition) is 0. The number of nitrogens with zero attached hydrogens (tertiary/aromatic N) is 4. The number of rotatable bonds is 10. The molecule has 0 unspecified atom stereocenters. The van der Waals surface area contributed by atoms with Crippen molar-refractivity contribution >= 4 is 44.6 Å². The number of aryl methyl sites for hydroxylation is 2. The van der Waals surface area contributed by atoms with Crippen molar-refractivity contribution in [2.75, 3.05) is 9.80 Å². The Hall–Kier alpha value is -7.20. The molecule has 362 valence electrons. The zero-order chi connectivity index (χ0) is 49.2. The summed E-state index contributed by atoms with van der Waals surface area (Å²) in [6.45, 7) is 22.6. The predicted octanol–water partition coefficient (Wildman–Crippen LogP) is 17.2. The summed E-state index contributed by atoms with van der Waals surface area (Å²) in [6, 6.07) is 72.8. The maximum absolute atomic E-state index is 6.98. The second kappa shape index (κ2) is 18.8. The van der Waals surface area contributed by atoms with Crippen LogP contribution in [-0.2, 0) is 37.3 Å². The molecule has 0 fully saturated rings. The Bertz CT molecular complexity index is 3530. The van der Waals surface area contributed by atoms with Crippen molar-refractivity contribution in [2.24, 2.45) is 0 Å². The van der Waals surface area contributed by atoms with Crippen LogP contribution >= 0.6 is 0 Å². The van der Waals surface area contributed by atoms with Crippen LogP contribution in [-0.4, -0.2) is 9.55 Å². The van der Waals surface area contributed by atoms with E-state index in [0.717, 1.165) is 55.9 Å². The fourth-order valence-electron chi connectivity index (χ4n) is 10.4.